The summed E-state index contributed by atoms with van der Waals surface area (Å²) in [4.78, 5) is 37.7. The molecular weight excluding hydrogens is 496 g/mol. The molecule has 1 aromatic rings. The standard InChI is InChI=1S/C26H42N4O6S/c1-10-19(15-16(2)3)37(34,35)21-14-12-11-13-20(21)28-23(31)18(6)27-24(32)22(17(4)5)29-30-25(33)36-26(7,8)9/h10-14,16-19,22,29H,1,15H2,2-9H3,(H,27,32)(H,28,31)(H,30,33)/t18-,19+,22-/m0/s1. The van der Waals surface area contributed by atoms with Crippen molar-refractivity contribution in [1.29, 1.82) is 0 Å². The summed E-state index contributed by atoms with van der Waals surface area (Å²) in [6.07, 6.45) is 1.05. The van der Waals surface area contributed by atoms with E-state index in [2.05, 4.69) is 28.1 Å². The minimum absolute atomic E-state index is 0.0179. The maximum absolute atomic E-state index is 13.3. The number of hydrogen-bond acceptors (Lipinski definition) is 7. The zero-order chi connectivity index (χ0) is 28.6. The fourth-order valence-corrected chi connectivity index (χ4v) is 5.29. The maximum atomic E-state index is 13.3. The Morgan fingerprint density at radius 1 is 1.03 bits per heavy atom. The highest BCUT2D eigenvalue weighted by Gasteiger charge is 2.30. The third-order valence-electron chi connectivity index (χ3n) is 5.25. The predicted molar refractivity (Wildman–Crippen MR) is 144 cm³/mol. The number of hydrazine groups is 1. The van der Waals surface area contributed by atoms with Crippen molar-refractivity contribution < 1.29 is 27.5 Å². The molecule has 0 aromatic heterocycles. The predicted octanol–water partition coefficient (Wildman–Crippen LogP) is 3.56. The summed E-state index contributed by atoms with van der Waals surface area (Å²) in [7, 11) is -3.81. The molecule has 0 aliphatic rings. The van der Waals surface area contributed by atoms with Crippen molar-refractivity contribution in [2.45, 2.75) is 89.6 Å². The number of hydrogen-bond donors (Lipinski definition) is 4. The molecule has 0 spiro atoms. The van der Waals surface area contributed by atoms with Gasteiger partial charge in [-0.05, 0) is 58.1 Å². The van der Waals surface area contributed by atoms with Crippen LogP contribution >= 0.6 is 0 Å². The molecule has 3 atom stereocenters. The van der Waals surface area contributed by atoms with Gasteiger partial charge in [-0.25, -0.2) is 18.6 Å². The van der Waals surface area contributed by atoms with E-state index in [1.807, 2.05) is 13.8 Å². The van der Waals surface area contributed by atoms with Crippen LogP contribution in [0.15, 0.2) is 41.8 Å². The zero-order valence-electron chi connectivity index (χ0n) is 23.0. The lowest BCUT2D eigenvalue weighted by molar-refractivity contribution is -0.128. The minimum Gasteiger partial charge on any atom is -0.443 e. The van der Waals surface area contributed by atoms with Crippen LogP contribution in [0.1, 0.15) is 61.8 Å². The number of sulfone groups is 1. The monoisotopic (exact) mass is 538 g/mol. The van der Waals surface area contributed by atoms with Crippen molar-refractivity contribution in [3.63, 3.8) is 0 Å². The Morgan fingerprint density at radius 3 is 2.14 bits per heavy atom. The molecular formula is C26H42N4O6S. The first kappa shape index (κ1) is 32.1. The quantitative estimate of drug-likeness (QED) is 0.235. The first-order chi connectivity index (χ1) is 17.0. The average molecular weight is 539 g/mol. The number of para-hydroxylation sites is 1. The summed E-state index contributed by atoms with van der Waals surface area (Å²) in [5.41, 5.74) is 4.40. The molecule has 3 amide bonds. The van der Waals surface area contributed by atoms with Crippen LogP contribution in [-0.2, 0) is 24.2 Å². The molecule has 4 N–H and O–H groups in total. The van der Waals surface area contributed by atoms with Gasteiger partial charge in [-0.2, -0.15) is 0 Å². The van der Waals surface area contributed by atoms with Gasteiger partial charge >= 0.3 is 6.09 Å². The molecule has 0 aliphatic carbocycles. The molecule has 0 unspecified atom stereocenters. The van der Waals surface area contributed by atoms with Crippen LogP contribution in [0.3, 0.4) is 0 Å². The second kappa shape index (κ2) is 13.6. The number of nitrogens with one attached hydrogen (secondary N) is 4. The van der Waals surface area contributed by atoms with E-state index < -0.39 is 50.7 Å². The van der Waals surface area contributed by atoms with Crippen molar-refractivity contribution in [1.82, 2.24) is 16.2 Å². The van der Waals surface area contributed by atoms with E-state index in [9.17, 15) is 22.8 Å². The van der Waals surface area contributed by atoms with Crippen molar-refractivity contribution in [3.8, 4) is 0 Å². The molecule has 0 aliphatic heterocycles. The zero-order valence-corrected chi connectivity index (χ0v) is 23.9. The van der Waals surface area contributed by atoms with E-state index in [4.69, 9.17) is 4.74 Å². The Hall–Kier alpha value is -2.92. The van der Waals surface area contributed by atoms with Crippen molar-refractivity contribution >= 4 is 33.4 Å². The number of amides is 3. The van der Waals surface area contributed by atoms with E-state index in [1.54, 1.807) is 46.8 Å². The Bertz CT molecular complexity index is 1060. The summed E-state index contributed by atoms with van der Waals surface area (Å²) in [6, 6.07) is 4.27. The molecule has 11 heteroatoms. The van der Waals surface area contributed by atoms with Gasteiger partial charge in [0.2, 0.25) is 11.8 Å². The van der Waals surface area contributed by atoms with Crippen molar-refractivity contribution in [3.05, 3.63) is 36.9 Å². The first-order valence-electron chi connectivity index (χ1n) is 12.3. The smallest absolute Gasteiger partial charge is 0.422 e. The van der Waals surface area contributed by atoms with Crippen LogP contribution < -0.4 is 21.5 Å². The second-order valence-corrected chi connectivity index (χ2v) is 12.8. The Balaban J connectivity index is 2.96. The highest BCUT2D eigenvalue weighted by Crippen LogP contribution is 2.28. The van der Waals surface area contributed by atoms with Gasteiger partial charge in [-0.1, -0.05) is 45.9 Å². The molecule has 0 fully saturated rings. The van der Waals surface area contributed by atoms with Crippen LogP contribution in [-0.4, -0.2) is 49.3 Å². The van der Waals surface area contributed by atoms with E-state index >= 15 is 0 Å². The Kier molecular flexibility index (Phi) is 11.8. The lowest BCUT2D eigenvalue weighted by Crippen LogP contribution is -2.57. The average Bonchev–Trinajstić information content (AvgIpc) is 2.76. The molecule has 1 rings (SSSR count). The lowest BCUT2D eigenvalue weighted by atomic mass is 10.0. The van der Waals surface area contributed by atoms with E-state index in [1.165, 1.54) is 25.1 Å². The maximum Gasteiger partial charge on any atom is 0.422 e. The molecule has 0 saturated heterocycles. The number of anilines is 1. The van der Waals surface area contributed by atoms with E-state index in [0.717, 1.165) is 0 Å². The molecule has 0 saturated carbocycles. The molecule has 10 nitrogen and oxygen atoms in total. The Morgan fingerprint density at radius 2 is 1.62 bits per heavy atom. The summed E-state index contributed by atoms with van der Waals surface area (Å²) in [5, 5.41) is 4.41. The summed E-state index contributed by atoms with van der Waals surface area (Å²) >= 11 is 0. The van der Waals surface area contributed by atoms with Crippen LogP contribution in [0.25, 0.3) is 0 Å². The number of rotatable bonds is 12. The van der Waals surface area contributed by atoms with Gasteiger partial charge in [0, 0.05) is 0 Å². The Labute approximate surface area is 220 Å². The van der Waals surface area contributed by atoms with E-state index in [-0.39, 0.29) is 22.4 Å². The van der Waals surface area contributed by atoms with Gasteiger partial charge in [0.25, 0.3) is 0 Å². The van der Waals surface area contributed by atoms with Crippen LogP contribution in [0, 0.1) is 11.8 Å². The SMILES string of the molecule is C=C[C@H](CC(C)C)S(=O)(=O)c1ccccc1NC(=O)[C@H](C)NC(=O)[C@@H](NNC(=O)OC(C)(C)C)C(C)C. The van der Waals surface area contributed by atoms with Crippen LogP contribution in [0.5, 0.6) is 0 Å². The number of carbonyl (C=O) groups is 3. The van der Waals surface area contributed by atoms with Gasteiger partial charge in [0.1, 0.15) is 17.7 Å². The van der Waals surface area contributed by atoms with Crippen LogP contribution in [0.2, 0.25) is 0 Å². The topological polar surface area (TPSA) is 143 Å². The number of ether oxygens (including phenoxy) is 1. The minimum atomic E-state index is -3.81. The van der Waals surface area contributed by atoms with Gasteiger partial charge < -0.3 is 15.4 Å². The van der Waals surface area contributed by atoms with Gasteiger partial charge in [-0.15, -0.1) is 6.58 Å². The highest BCUT2D eigenvalue weighted by atomic mass is 32.2. The van der Waals surface area contributed by atoms with E-state index in [0.29, 0.717) is 6.42 Å². The lowest BCUT2D eigenvalue weighted by Gasteiger charge is -2.25. The number of carbonyl (C=O) groups excluding carboxylic acids is 3. The fraction of sp³-hybridized carbons (Fsp3) is 0.577. The van der Waals surface area contributed by atoms with Gasteiger partial charge in [-0.3, -0.25) is 15.0 Å². The summed E-state index contributed by atoms with van der Waals surface area (Å²) < 4.78 is 31.7. The van der Waals surface area contributed by atoms with Crippen molar-refractivity contribution in [2.75, 3.05) is 5.32 Å². The van der Waals surface area contributed by atoms with Crippen molar-refractivity contribution in [2.24, 2.45) is 11.8 Å². The third kappa shape index (κ3) is 10.2. The number of benzene rings is 1. The second-order valence-electron chi connectivity index (χ2n) is 10.7. The molecule has 0 radical (unpaired) electrons. The van der Waals surface area contributed by atoms with Gasteiger partial charge in [0.05, 0.1) is 15.8 Å². The molecule has 1 aromatic carbocycles. The van der Waals surface area contributed by atoms with Gasteiger partial charge in [0.15, 0.2) is 9.84 Å². The molecule has 208 valence electrons. The highest BCUT2D eigenvalue weighted by molar-refractivity contribution is 7.92. The molecule has 37 heavy (non-hydrogen) atoms. The first-order valence-corrected chi connectivity index (χ1v) is 13.9. The molecule has 0 heterocycles. The third-order valence-corrected chi connectivity index (χ3v) is 7.40. The summed E-state index contributed by atoms with van der Waals surface area (Å²) in [5.74, 6) is -1.24. The normalized spacial score (nSPS) is 14.4. The fourth-order valence-electron chi connectivity index (χ4n) is 3.38. The largest absolute Gasteiger partial charge is 0.443 e. The van der Waals surface area contributed by atoms with Crippen LogP contribution in [0.4, 0.5) is 10.5 Å². The summed E-state index contributed by atoms with van der Waals surface area (Å²) in [6.45, 7) is 17.7. The molecule has 0 bridgehead atoms.